The summed E-state index contributed by atoms with van der Waals surface area (Å²) in [5.74, 6) is 0.772. The normalized spacial score (nSPS) is 12.4. The van der Waals surface area contributed by atoms with Gasteiger partial charge in [-0.25, -0.2) is 0 Å². The number of nitrogens with one attached hydrogen (secondary N) is 1. The van der Waals surface area contributed by atoms with E-state index in [2.05, 4.69) is 21.2 Å². The monoisotopic (exact) mass is 440 g/mol. The van der Waals surface area contributed by atoms with Gasteiger partial charge >= 0.3 is 0 Å². The highest BCUT2D eigenvalue weighted by Crippen LogP contribution is 2.48. The zero-order chi connectivity index (χ0) is 18.0. The molecule has 4 nitrogen and oxygen atoms in total. The van der Waals surface area contributed by atoms with Crippen LogP contribution in [0.25, 0.3) is 20.5 Å². The van der Waals surface area contributed by atoms with Crippen LogP contribution in [-0.4, -0.2) is 31.4 Å². The van der Waals surface area contributed by atoms with Crippen molar-refractivity contribution in [2.24, 2.45) is 5.73 Å². The predicted octanol–water partition coefficient (Wildman–Crippen LogP) is 4.72. The lowest BCUT2D eigenvalue weighted by Gasteiger charge is -2.14. The van der Waals surface area contributed by atoms with E-state index in [0.717, 1.165) is 36.4 Å². The summed E-state index contributed by atoms with van der Waals surface area (Å²) in [6, 6.07) is 11.7. The SMILES string of the molecule is COc1ccc(Br)cc1-c1sc2c(Cl)cccc2c1NCC(O)CN. The maximum absolute atomic E-state index is 9.85. The smallest absolute Gasteiger partial charge is 0.127 e. The lowest BCUT2D eigenvalue weighted by Crippen LogP contribution is -2.27. The number of benzene rings is 2. The molecule has 3 aromatic rings. The van der Waals surface area contributed by atoms with Crippen LogP contribution >= 0.6 is 38.9 Å². The number of fused-ring (bicyclic) bond motifs is 1. The second-order valence-corrected chi connectivity index (χ2v) is 7.88. The summed E-state index contributed by atoms with van der Waals surface area (Å²) in [4.78, 5) is 1.01. The van der Waals surface area contributed by atoms with Crippen LogP contribution in [-0.2, 0) is 0 Å². The van der Waals surface area contributed by atoms with Gasteiger partial charge in [0.1, 0.15) is 5.75 Å². The third kappa shape index (κ3) is 3.78. The van der Waals surface area contributed by atoms with E-state index in [-0.39, 0.29) is 6.54 Å². The van der Waals surface area contributed by atoms with Gasteiger partial charge < -0.3 is 20.9 Å². The molecule has 1 unspecified atom stereocenters. The Morgan fingerprint density at radius 1 is 1.36 bits per heavy atom. The molecule has 2 aromatic carbocycles. The molecule has 1 heterocycles. The summed E-state index contributed by atoms with van der Waals surface area (Å²) < 4.78 is 7.49. The van der Waals surface area contributed by atoms with Crippen LogP contribution in [0.3, 0.4) is 0 Å². The molecule has 25 heavy (non-hydrogen) atoms. The fourth-order valence-electron chi connectivity index (χ4n) is 2.61. The average Bonchev–Trinajstić information content (AvgIpc) is 2.99. The summed E-state index contributed by atoms with van der Waals surface area (Å²) in [6.07, 6.45) is -0.619. The first-order chi connectivity index (χ1) is 12.0. The van der Waals surface area contributed by atoms with Gasteiger partial charge in [-0.15, -0.1) is 11.3 Å². The molecule has 3 rings (SSSR count). The van der Waals surface area contributed by atoms with Crippen LogP contribution in [0.1, 0.15) is 0 Å². The molecule has 0 saturated carbocycles. The Hall–Kier alpha value is -1.31. The first-order valence-corrected chi connectivity index (χ1v) is 9.70. The summed E-state index contributed by atoms with van der Waals surface area (Å²) in [5, 5.41) is 14.9. The lowest BCUT2D eigenvalue weighted by molar-refractivity contribution is 0.196. The highest BCUT2D eigenvalue weighted by Gasteiger charge is 2.19. The van der Waals surface area contributed by atoms with Crippen LogP contribution < -0.4 is 15.8 Å². The summed E-state index contributed by atoms with van der Waals surface area (Å²) >= 11 is 11.5. The van der Waals surface area contributed by atoms with Crippen LogP contribution in [0.4, 0.5) is 5.69 Å². The number of hydrogen-bond acceptors (Lipinski definition) is 5. The fraction of sp³-hybridized carbons (Fsp3) is 0.222. The van der Waals surface area contributed by atoms with E-state index in [9.17, 15) is 5.11 Å². The van der Waals surface area contributed by atoms with Gasteiger partial charge in [-0.2, -0.15) is 0 Å². The standard InChI is InChI=1S/C18H18BrClN2O2S/c1-24-15-6-5-10(19)7-13(15)18-16(22-9-11(23)8-21)12-3-2-4-14(20)17(12)25-18/h2-7,11,22-23H,8-9,21H2,1H3. The molecule has 0 radical (unpaired) electrons. The van der Waals surface area contributed by atoms with E-state index in [4.69, 9.17) is 22.1 Å². The number of thiophene rings is 1. The van der Waals surface area contributed by atoms with Crippen molar-refractivity contribution in [1.82, 2.24) is 0 Å². The Morgan fingerprint density at radius 3 is 2.88 bits per heavy atom. The van der Waals surface area contributed by atoms with Crippen molar-refractivity contribution in [3.05, 3.63) is 45.9 Å². The minimum Gasteiger partial charge on any atom is -0.496 e. The Labute approximate surface area is 163 Å². The first-order valence-electron chi connectivity index (χ1n) is 7.72. The number of methoxy groups -OCH3 is 1. The Bertz CT molecular complexity index is 900. The molecular formula is C18H18BrClN2O2S. The van der Waals surface area contributed by atoms with Crippen molar-refractivity contribution in [3.63, 3.8) is 0 Å². The van der Waals surface area contributed by atoms with E-state index in [1.54, 1.807) is 18.4 Å². The number of hydrogen-bond donors (Lipinski definition) is 3. The zero-order valence-corrected chi connectivity index (χ0v) is 16.7. The van der Waals surface area contributed by atoms with Crippen LogP contribution in [0, 0.1) is 0 Å². The molecule has 0 bridgehead atoms. The van der Waals surface area contributed by atoms with Gasteiger partial charge in [0.2, 0.25) is 0 Å². The molecule has 1 atom stereocenters. The van der Waals surface area contributed by atoms with Crippen molar-refractivity contribution < 1.29 is 9.84 Å². The number of rotatable bonds is 6. The van der Waals surface area contributed by atoms with E-state index < -0.39 is 6.10 Å². The third-order valence-corrected chi connectivity index (χ3v) is 6.05. The topological polar surface area (TPSA) is 67.5 Å². The molecule has 7 heteroatoms. The van der Waals surface area contributed by atoms with Crippen molar-refractivity contribution in [3.8, 4) is 16.2 Å². The molecule has 0 saturated heterocycles. The van der Waals surface area contributed by atoms with Crippen molar-refractivity contribution in [2.45, 2.75) is 6.10 Å². The molecule has 132 valence electrons. The van der Waals surface area contributed by atoms with Gasteiger partial charge in [0, 0.05) is 28.5 Å². The number of aliphatic hydroxyl groups excluding tert-OH is 1. The van der Waals surface area contributed by atoms with Gasteiger partial charge in [0.05, 0.1) is 33.5 Å². The number of halogens is 2. The number of nitrogens with two attached hydrogens (primary N) is 1. The van der Waals surface area contributed by atoms with Crippen molar-refractivity contribution in [1.29, 1.82) is 0 Å². The minimum absolute atomic E-state index is 0.200. The van der Waals surface area contributed by atoms with Crippen LogP contribution in [0.5, 0.6) is 5.75 Å². The lowest BCUT2D eigenvalue weighted by atomic mass is 10.1. The van der Waals surface area contributed by atoms with Gasteiger partial charge in [0.25, 0.3) is 0 Å². The molecule has 0 aliphatic heterocycles. The molecule has 0 spiro atoms. The number of aliphatic hydroxyl groups is 1. The summed E-state index contributed by atoms with van der Waals surface area (Å²) in [5.41, 5.74) is 7.41. The quantitative estimate of drug-likeness (QED) is 0.517. The maximum Gasteiger partial charge on any atom is 0.127 e. The Kier molecular flexibility index (Phi) is 5.86. The van der Waals surface area contributed by atoms with Crippen molar-refractivity contribution >= 4 is 54.6 Å². The van der Waals surface area contributed by atoms with E-state index in [0.29, 0.717) is 11.6 Å². The maximum atomic E-state index is 9.85. The average molecular weight is 442 g/mol. The zero-order valence-electron chi connectivity index (χ0n) is 13.6. The molecule has 4 N–H and O–H groups in total. The largest absolute Gasteiger partial charge is 0.496 e. The van der Waals surface area contributed by atoms with Crippen LogP contribution in [0.15, 0.2) is 40.9 Å². The van der Waals surface area contributed by atoms with Gasteiger partial charge in [-0.05, 0) is 24.3 Å². The second-order valence-electron chi connectivity index (χ2n) is 5.54. The van der Waals surface area contributed by atoms with Crippen molar-refractivity contribution in [2.75, 3.05) is 25.5 Å². The molecule has 0 amide bonds. The Morgan fingerprint density at radius 2 is 2.16 bits per heavy atom. The van der Waals surface area contributed by atoms with Gasteiger partial charge in [0.15, 0.2) is 0 Å². The molecule has 0 aliphatic rings. The number of ether oxygens (including phenoxy) is 1. The predicted molar refractivity (Wildman–Crippen MR) is 110 cm³/mol. The van der Waals surface area contributed by atoms with E-state index in [1.807, 2.05) is 36.4 Å². The first kappa shape index (κ1) is 18.5. The summed E-state index contributed by atoms with van der Waals surface area (Å²) in [7, 11) is 1.65. The van der Waals surface area contributed by atoms with E-state index in [1.165, 1.54) is 0 Å². The summed E-state index contributed by atoms with van der Waals surface area (Å²) in [6.45, 7) is 0.559. The number of anilines is 1. The molecule has 1 aromatic heterocycles. The highest BCUT2D eigenvalue weighted by atomic mass is 79.9. The minimum atomic E-state index is -0.619. The van der Waals surface area contributed by atoms with Gasteiger partial charge in [-0.1, -0.05) is 39.7 Å². The molecule has 0 aliphatic carbocycles. The van der Waals surface area contributed by atoms with Crippen LogP contribution in [0.2, 0.25) is 5.02 Å². The third-order valence-electron chi connectivity index (χ3n) is 3.86. The van der Waals surface area contributed by atoms with E-state index >= 15 is 0 Å². The second kappa shape index (κ2) is 7.93. The van der Waals surface area contributed by atoms with Gasteiger partial charge in [-0.3, -0.25) is 0 Å². The highest BCUT2D eigenvalue weighted by molar-refractivity contribution is 9.10. The molecular weight excluding hydrogens is 424 g/mol. The fourth-order valence-corrected chi connectivity index (χ4v) is 4.47. The molecule has 0 fully saturated rings. The Balaban J connectivity index is 2.20.